The van der Waals surface area contributed by atoms with Crippen molar-refractivity contribution in [3.05, 3.63) is 76.6 Å². The Balaban J connectivity index is 1.47. The molecule has 0 radical (unpaired) electrons. The van der Waals surface area contributed by atoms with Crippen LogP contribution in [0.2, 0.25) is 5.02 Å². The first kappa shape index (κ1) is 24.9. The monoisotopic (exact) mass is 502 g/mol. The molecule has 0 aliphatic heterocycles. The Morgan fingerprint density at radius 3 is 2.40 bits per heavy atom. The van der Waals surface area contributed by atoms with E-state index in [1.807, 2.05) is 12.1 Å². The summed E-state index contributed by atoms with van der Waals surface area (Å²) in [6, 6.07) is 14.2. The molecule has 1 aliphatic rings. The molecule has 3 N–H and O–H groups in total. The van der Waals surface area contributed by atoms with E-state index in [-0.39, 0.29) is 43.1 Å². The molecule has 9 heteroatoms. The molecule has 3 aromatic rings. The lowest BCUT2D eigenvalue weighted by Gasteiger charge is -2.31. The number of benzene rings is 2. The number of aromatic nitrogens is 1. The van der Waals surface area contributed by atoms with E-state index >= 15 is 0 Å². The molecule has 2 aromatic carbocycles. The number of rotatable bonds is 12. The first-order chi connectivity index (χ1) is 16.8. The fourth-order valence-corrected chi connectivity index (χ4v) is 4.28. The lowest BCUT2D eigenvalue weighted by molar-refractivity contribution is -0.138. The van der Waals surface area contributed by atoms with Crippen LogP contribution in [0.5, 0.6) is 17.5 Å². The van der Waals surface area contributed by atoms with Crippen LogP contribution in [0.1, 0.15) is 36.4 Å². The molecule has 0 saturated heterocycles. The Kier molecular flexibility index (Phi) is 7.83. The zero-order valence-electron chi connectivity index (χ0n) is 19.1. The summed E-state index contributed by atoms with van der Waals surface area (Å²) in [7, 11) is 0. The van der Waals surface area contributed by atoms with E-state index in [0.29, 0.717) is 23.0 Å². The predicted molar refractivity (Wildman–Crippen MR) is 129 cm³/mol. The van der Waals surface area contributed by atoms with Crippen LogP contribution in [0.25, 0.3) is 0 Å². The van der Waals surface area contributed by atoms with Gasteiger partial charge in [-0.25, -0.2) is 4.39 Å². The minimum absolute atomic E-state index is 0.0527. The van der Waals surface area contributed by atoms with Crippen molar-refractivity contribution in [3.8, 4) is 17.5 Å². The van der Waals surface area contributed by atoms with E-state index in [1.54, 1.807) is 24.3 Å². The van der Waals surface area contributed by atoms with Crippen molar-refractivity contribution >= 4 is 17.6 Å². The van der Waals surface area contributed by atoms with Gasteiger partial charge < -0.3 is 20.1 Å². The number of halogens is 2. The number of carboxylic acid groups (broad SMARTS) is 1. The van der Waals surface area contributed by atoms with Gasteiger partial charge in [0.25, 0.3) is 0 Å². The third-order valence-corrected chi connectivity index (χ3v) is 6.39. The van der Waals surface area contributed by atoms with Crippen LogP contribution in [0.4, 0.5) is 4.39 Å². The van der Waals surface area contributed by atoms with Crippen molar-refractivity contribution in [1.82, 2.24) is 9.47 Å². The lowest BCUT2D eigenvalue weighted by atomic mass is 10.0. The maximum absolute atomic E-state index is 14.8. The highest BCUT2D eigenvalue weighted by Crippen LogP contribution is 2.35. The number of ether oxygens (including phenoxy) is 1. The molecule has 0 amide bonds. The quantitative estimate of drug-likeness (QED) is 0.315. The van der Waals surface area contributed by atoms with Gasteiger partial charge in [0.15, 0.2) is 23.3 Å². The Bertz CT molecular complexity index is 1140. The summed E-state index contributed by atoms with van der Waals surface area (Å²) < 4.78 is 21.6. The van der Waals surface area contributed by atoms with Gasteiger partial charge in [0.05, 0.1) is 13.0 Å². The summed E-state index contributed by atoms with van der Waals surface area (Å²) in [5, 5.41) is 29.5. The second-order valence-electron chi connectivity index (χ2n) is 8.85. The molecule has 1 aliphatic carbocycles. The summed E-state index contributed by atoms with van der Waals surface area (Å²) in [4.78, 5) is 13.8. The zero-order chi connectivity index (χ0) is 24.9. The van der Waals surface area contributed by atoms with E-state index in [0.717, 1.165) is 24.9 Å². The van der Waals surface area contributed by atoms with Crippen LogP contribution < -0.4 is 4.74 Å². The maximum Gasteiger partial charge on any atom is 0.305 e. The molecule has 0 spiro atoms. The third kappa shape index (κ3) is 6.68. The Hall–Kier alpha value is -3.23. The van der Waals surface area contributed by atoms with Crippen LogP contribution in [0.15, 0.2) is 54.6 Å². The van der Waals surface area contributed by atoms with Crippen molar-refractivity contribution in [2.75, 3.05) is 13.2 Å². The third-order valence-electron chi connectivity index (χ3n) is 6.14. The molecule has 1 saturated carbocycles. The van der Waals surface area contributed by atoms with Gasteiger partial charge in [-0.05, 0) is 54.2 Å². The molecule has 1 unspecified atom stereocenters. The van der Waals surface area contributed by atoms with Crippen molar-refractivity contribution < 1.29 is 29.2 Å². The van der Waals surface area contributed by atoms with E-state index in [1.165, 1.54) is 22.8 Å². The molecule has 1 fully saturated rings. The number of hydrogen-bond donors (Lipinski definition) is 3. The summed E-state index contributed by atoms with van der Waals surface area (Å²) in [6.07, 6.45) is 2.13. The number of hydrogen-bond acceptors (Lipinski definition) is 5. The molecule has 35 heavy (non-hydrogen) atoms. The van der Waals surface area contributed by atoms with Crippen molar-refractivity contribution in [1.29, 1.82) is 0 Å². The van der Waals surface area contributed by atoms with Gasteiger partial charge in [-0.1, -0.05) is 29.8 Å². The molecule has 1 heterocycles. The minimum atomic E-state index is -0.902. The topological polar surface area (TPSA) is 95.2 Å². The number of aromatic hydroxyl groups is 2. The SMILES string of the molecule is O=C(O)CC(c1ccc(Cl)cc1)N(Cc1ccc(OCCn2c(O)ccc2O)c(F)c1)CC1CC1. The van der Waals surface area contributed by atoms with E-state index in [9.17, 15) is 24.5 Å². The van der Waals surface area contributed by atoms with Crippen molar-refractivity contribution in [2.45, 2.75) is 38.4 Å². The normalized spacial score (nSPS) is 14.3. The highest BCUT2D eigenvalue weighted by atomic mass is 35.5. The van der Waals surface area contributed by atoms with Gasteiger partial charge in [0.1, 0.15) is 6.61 Å². The second-order valence-corrected chi connectivity index (χ2v) is 9.29. The second kappa shape index (κ2) is 11.0. The number of aliphatic carboxylic acids is 1. The summed E-state index contributed by atoms with van der Waals surface area (Å²) >= 11 is 6.03. The number of nitrogens with zero attached hydrogens (tertiary/aromatic N) is 2. The molecule has 1 aromatic heterocycles. The average molecular weight is 503 g/mol. The van der Waals surface area contributed by atoms with Crippen LogP contribution in [-0.4, -0.2) is 43.9 Å². The summed E-state index contributed by atoms with van der Waals surface area (Å²) in [5.41, 5.74) is 1.56. The van der Waals surface area contributed by atoms with Gasteiger partial charge in [-0.15, -0.1) is 0 Å². The highest BCUT2D eigenvalue weighted by molar-refractivity contribution is 6.30. The Morgan fingerprint density at radius 2 is 1.80 bits per heavy atom. The minimum Gasteiger partial charge on any atom is -0.494 e. The summed E-state index contributed by atoms with van der Waals surface area (Å²) in [5.74, 6) is -1.07. The van der Waals surface area contributed by atoms with Crippen LogP contribution in [0, 0.1) is 11.7 Å². The van der Waals surface area contributed by atoms with Crippen LogP contribution >= 0.6 is 11.6 Å². The van der Waals surface area contributed by atoms with E-state index in [4.69, 9.17) is 16.3 Å². The number of carbonyl (C=O) groups is 1. The van der Waals surface area contributed by atoms with Gasteiger partial charge in [-0.3, -0.25) is 14.3 Å². The maximum atomic E-state index is 14.8. The van der Waals surface area contributed by atoms with Gasteiger partial charge in [0.2, 0.25) is 0 Å². The largest absolute Gasteiger partial charge is 0.494 e. The smallest absolute Gasteiger partial charge is 0.305 e. The zero-order valence-corrected chi connectivity index (χ0v) is 19.9. The molecule has 0 bridgehead atoms. The molecular formula is C26H28ClFN2O5. The van der Waals surface area contributed by atoms with Crippen LogP contribution in [-0.2, 0) is 17.9 Å². The first-order valence-corrected chi connectivity index (χ1v) is 11.9. The fraction of sp³-hybridized carbons (Fsp3) is 0.346. The first-order valence-electron chi connectivity index (χ1n) is 11.5. The van der Waals surface area contributed by atoms with Gasteiger partial charge in [0, 0.05) is 36.3 Å². The molecule has 7 nitrogen and oxygen atoms in total. The van der Waals surface area contributed by atoms with Gasteiger partial charge >= 0.3 is 5.97 Å². The summed E-state index contributed by atoms with van der Waals surface area (Å²) in [6.45, 7) is 1.32. The lowest BCUT2D eigenvalue weighted by Crippen LogP contribution is -2.32. The Labute approximate surface area is 207 Å². The predicted octanol–water partition coefficient (Wildman–Crippen LogP) is 5.20. The fourth-order valence-electron chi connectivity index (χ4n) is 4.16. The average Bonchev–Trinajstić information content (AvgIpc) is 3.58. The standard InChI is InChI=1S/C26H28ClFN2O5/c27-20-6-4-19(5-7-20)22(14-26(33)34)29(15-17-1-2-17)16-18-3-8-23(21(28)13-18)35-12-11-30-24(31)9-10-25(30)32/h3-10,13,17,22,31-32H,1-2,11-12,14-16H2,(H,33,34). The van der Waals surface area contributed by atoms with Crippen molar-refractivity contribution in [2.24, 2.45) is 5.92 Å². The van der Waals surface area contributed by atoms with Crippen molar-refractivity contribution in [3.63, 3.8) is 0 Å². The molecule has 4 rings (SSSR count). The highest BCUT2D eigenvalue weighted by Gasteiger charge is 2.30. The molecular weight excluding hydrogens is 475 g/mol. The number of carboxylic acids is 1. The molecule has 1 atom stereocenters. The van der Waals surface area contributed by atoms with Gasteiger partial charge in [-0.2, -0.15) is 0 Å². The van der Waals surface area contributed by atoms with Crippen LogP contribution in [0.3, 0.4) is 0 Å². The van der Waals surface area contributed by atoms with E-state index < -0.39 is 11.8 Å². The molecule has 186 valence electrons. The van der Waals surface area contributed by atoms with E-state index in [2.05, 4.69) is 4.90 Å². The Morgan fingerprint density at radius 1 is 1.11 bits per heavy atom.